The van der Waals surface area contributed by atoms with Gasteiger partial charge in [0.2, 0.25) is 0 Å². The van der Waals surface area contributed by atoms with Crippen molar-refractivity contribution >= 4 is 46.0 Å². The van der Waals surface area contributed by atoms with Crippen LogP contribution in [0.3, 0.4) is 0 Å². The average Bonchev–Trinajstić information content (AvgIpc) is 3.25. The van der Waals surface area contributed by atoms with Crippen LogP contribution in [0.2, 0.25) is 0 Å². The predicted molar refractivity (Wildman–Crippen MR) is 130 cm³/mol. The fraction of sp³-hybridized carbons (Fsp3) is 0.333. The van der Waals surface area contributed by atoms with Gasteiger partial charge in [-0.15, -0.1) is 0 Å². The number of unbranched alkanes of at least 4 members (excludes halogenated alkanes) is 1. The summed E-state index contributed by atoms with van der Waals surface area (Å²) in [6, 6.07) is 14.6. The molecule has 30 heavy (non-hydrogen) atoms. The van der Waals surface area contributed by atoms with Crippen LogP contribution in [0.1, 0.15) is 37.8 Å². The largest absolute Gasteiger partial charge is 0.334 e. The Labute approximate surface area is 187 Å². The average molecular weight is 438 g/mol. The maximum Gasteiger partial charge on any atom is 0.269 e. The lowest BCUT2D eigenvalue weighted by atomic mass is 10.1. The number of nitrogens with zero attached hydrogens (tertiary/aromatic N) is 3. The Morgan fingerprint density at radius 2 is 1.80 bits per heavy atom. The number of benzene rings is 2. The number of hydrogen-bond acceptors (Lipinski definition) is 5. The van der Waals surface area contributed by atoms with Crippen LogP contribution in [0.25, 0.3) is 0 Å². The van der Waals surface area contributed by atoms with E-state index < -0.39 is 0 Å². The summed E-state index contributed by atoms with van der Waals surface area (Å²) in [5.41, 5.74) is 4.46. The molecule has 0 aliphatic carbocycles. The van der Waals surface area contributed by atoms with Gasteiger partial charge in [-0.25, -0.2) is 4.99 Å². The van der Waals surface area contributed by atoms with Crippen LogP contribution < -0.4 is 4.90 Å². The van der Waals surface area contributed by atoms with E-state index in [1.54, 1.807) is 11.8 Å². The molecule has 4 rings (SSSR count). The van der Waals surface area contributed by atoms with Gasteiger partial charge < -0.3 is 4.90 Å². The van der Waals surface area contributed by atoms with Gasteiger partial charge >= 0.3 is 0 Å². The van der Waals surface area contributed by atoms with Crippen LogP contribution in [0.15, 0.2) is 62.3 Å². The molecule has 0 spiro atoms. The molecule has 1 fully saturated rings. The molecule has 2 aliphatic heterocycles. The molecule has 0 bridgehead atoms. The van der Waals surface area contributed by atoms with E-state index in [0.717, 1.165) is 45.7 Å². The quantitative estimate of drug-likeness (QED) is 0.502. The number of fused-ring (bicyclic) bond motifs is 1. The minimum Gasteiger partial charge on any atom is -0.334 e. The zero-order valence-electron chi connectivity index (χ0n) is 17.9. The van der Waals surface area contributed by atoms with Crippen molar-refractivity contribution in [3.63, 3.8) is 0 Å². The van der Waals surface area contributed by atoms with Gasteiger partial charge in [0.15, 0.2) is 5.17 Å². The molecule has 0 unspecified atom stereocenters. The number of para-hydroxylation sites is 1. The van der Waals surface area contributed by atoms with Crippen LogP contribution in [-0.4, -0.2) is 29.1 Å². The first kappa shape index (κ1) is 21.1. The Morgan fingerprint density at radius 3 is 2.53 bits per heavy atom. The fourth-order valence-electron chi connectivity index (χ4n) is 3.68. The summed E-state index contributed by atoms with van der Waals surface area (Å²) >= 11 is 3.21. The maximum absolute atomic E-state index is 13.5. The molecule has 0 radical (unpaired) electrons. The van der Waals surface area contributed by atoms with Gasteiger partial charge in [0.1, 0.15) is 9.93 Å². The van der Waals surface area contributed by atoms with Crippen molar-refractivity contribution in [3.05, 3.63) is 63.5 Å². The molecule has 2 aromatic carbocycles. The third-order valence-corrected chi connectivity index (χ3v) is 7.66. The Morgan fingerprint density at radius 1 is 1.00 bits per heavy atom. The van der Waals surface area contributed by atoms with Gasteiger partial charge in [0.05, 0.1) is 11.4 Å². The number of amidine groups is 1. The molecule has 0 saturated carbocycles. The first-order valence-electron chi connectivity index (χ1n) is 10.5. The molecule has 1 saturated heterocycles. The third-order valence-electron chi connectivity index (χ3n) is 5.29. The zero-order valence-corrected chi connectivity index (χ0v) is 19.6. The van der Waals surface area contributed by atoms with Crippen LogP contribution in [0.4, 0.5) is 11.4 Å². The van der Waals surface area contributed by atoms with Crippen LogP contribution >= 0.6 is 23.5 Å². The third kappa shape index (κ3) is 3.91. The monoisotopic (exact) mass is 437 g/mol. The van der Waals surface area contributed by atoms with E-state index in [0.29, 0.717) is 6.54 Å². The van der Waals surface area contributed by atoms with E-state index >= 15 is 0 Å². The number of aryl methyl sites for hydroxylation is 2. The van der Waals surface area contributed by atoms with Crippen molar-refractivity contribution < 1.29 is 4.79 Å². The molecule has 0 N–H and O–H groups in total. The second-order valence-corrected chi connectivity index (χ2v) is 9.55. The highest BCUT2D eigenvalue weighted by Crippen LogP contribution is 2.50. The number of aliphatic imine (C=N–C) groups is 1. The molecular formula is C24H27N3OS2. The molecule has 4 nitrogen and oxygen atoms in total. The number of anilines is 1. The minimum atomic E-state index is 0.0747. The van der Waals surface area contributed by atoms with E-state index in [9.17, 15) is 4.79 Å². The molecule has 0 aromatic heterocycles. The van der Waals surface area contributed by atoms with Crippen LogP contribution in [-0.2, 0) is 4.79 Å². The van der Waals surface area contributed by atoms with Crippen molar-refractivity contribution in [1.29, 1.82) is 0 Å². The minimum absolute atomic E-state index is 0.0747. The van der Waals surface area contributed by atoms with Crippen molar-refractivity contribution in [3.8, 4) is 0 Å². The van der Waals surface area contributed by atoms with Crippen molar-refractivity contribution in [2.24, 2.45) is 4.99 Å². The number of carbonyl (C=O) groups excluding carboxylic acids is 1. The highest BCUT2D eigenvalue weighted by molar-refractivity contribution is 8.19. The lowest BCUT2D eigenvalue weighted by Gasteiger charge is -2.19. The second kappa shape index (κ2) is 8.90. The van der Waals surface area contributed by atoms with E-state index in [-0.39, 0.29) is 5.91 Å². The van der Waals surface area contributed by atoms with Gasteiger partial charge in [-0.2, -0.15) is 0 Å². The summed E-state index contributed by atoms with van der Waals surface area (Å²) in [6.45, 7) is 9.97. The Balaban J connectivity index is 1.75. The Bertz CT molecular complexity index is 1040. The molecule has 2 heterocycles. The molecular weight excluding hydrogens is 410 g/mol. The molecule has 6 heteroatoms. The van der Waals surface area contributed by atoms with E-state index in [2.05, 4.69) is 69.0 Å². The lowest BCUT2D eigenvalue weighted by Crippen LogP contribution is -2.30. The van der Waals surface area contributed by atoms with Gasteiger partial charge in [-0.05, 0) is 62.7 Å². The molecule has 0 atom stereocenters. The fourth-order valence-corrected chi connectivity index (χ4v) is 6.09. The highest BCUT2D eigenvalue weighted by atomic mass is 32.2. The van der Waals surface area contributed by atoms with E-state index in [1.165, 1.54) is 27.9 Å². The Hall–Kier alpha value is -2.18. The van der Waals surface area contributed by atoms with Crippen LogP contribution in [0.5, 0.6) is 0 Å². The number of amides is 1. The smallest absolute Gasteiger partial charge is 0.269 e. The van der Waals surface area contributed by atoms with E-state index in [4.69, 9.17) is 4.99 Å². The summed E-state index contributed by atoms with van der Waals surface area (Å²) in [6.07, 6.45) is 2.00. The van der Waals surface area contributed by atoms with Gasteiger partial charge in [-0.3, -0.25) is 9.69 Å². The first-order valence-corrected chi connectivity index (χ1v) is 12.1. The van der Waals surface area contributed by atoms with Crippen molar-refractivity contribution in [2.45, 2.75) is 45.4 Å². The van der Waals surface area contributed by atoms with Crippen molar-refractivity contribution in [1.82, 2.24) is 4.90 Å². The standard InChI is InChI=1S/C24H27N3OS2/c1-5-7-14-27-22(28)21(23-26(6-2)19-10-8-9-11-20(19)29-23)30-24(27)25-18-13-12-16(3)15-17(18)4/h8-13,15H,5-7,14H2,1-4H3. The topological polar surface area (TPSA) is 35.9 Å². The molecule has 2 aliphatic rings. The normalized spacial score (nSPS) is 19.9. The SMILES string of the molecule is CCCCN1C(=O)C(=C2Sc3ccccc3N2CC)SC1=Nc1ccc(C)cc1C. The molecule has 2 aromatic rings. The summed E-state index contributed by atoms with van der Waals surface area (Å²) < 4.78 is 0. The molecule has 156 valence electrons. The predicted octanol–water partition coefficient (Wildman–Crippen LogP) is 6.47. The number of thioether (sulfide) groups is 2. The summed E-state index contributed by atoms with van der Waals surface area (Å²) in [7, 11) is 0. The van der Waals surface area contributed by atoms with E-state index in [1.807, 2.05) is 11.0 Å². The van der Waals surface area contributed by atoms with Gasteiger partial charge in [-0.1, -0.05) is 54.9 Å². The second-order valence-electron chi connectivity index (χ2n) is 7.55. The van der Waals surface area contributed by atoms with Gasteiger partial charge in [0, 0.05) is 18.0 Å². The summed E-state index contributed by atoms with van der Waals surface area (Å²) in [4.78, 5) is 24.5. The summed E-state index contributed by atoms with van der Waals surface area (Å²) in [5.74, 6) is 0.0747. The van der Waals surface area contributed by atoms with Crippen molar-refractivity contribution in [2.75, 3.05) is 18.0 Å². The maximum atomic E-state index is 13.5. The zero-order chi connectivity index (χ0) is 21.3. The highest BCUT2D eigenvalue weighted by Gasteiger charge is 2.39. The summed E-state index contributed by atoms with van der Waals surface area (Å²) in [5, 5.41) is 1.82. The molecule has 1 amide bonds. The first-order chi connectivity index (χ1) is 14.5. The number of carbonyl (C=O) groups is 1. The lowest BCUT2D eigenvalue weighted by molar-refractivity contribution is -0.122. The van der Waals surface area contributed by atoms with Gasteiger partial charge in [0.25, 0.3) is 5.91 Å². The van der Waals surface area contributed by atoms with Crippen LogP contribution in [0, 0.1) is 13.8 Å². The Kier molecular flexibility index (Phi) is 6.25. The number of rotatable bonds is 5. The number of hydrogen-bond donors (Lipinski definition) is 0.